The third-order valence-corrected chi connectivity index (χ3v) is 4.78. The molecule has 0 spiro atoms. The lowest BCUT2D eigenvalue weighted by atomic mass is 9.85. The maximum absolute atomic E-state index is 2.37. The molecule has 0 aromatic rings. The summed E-state index contributed by atoms with van der Waals surface area (Å²) in [5, 5.41) is 6.08. The van der Waals surface area contributed by atoms with Gasteiger partial charge in [-0.25, -0.2) is 0 Å². The molecular weight excluding hydrogens is 184 g/mol. The number of hydrogen-bond donors (Lipinski definition) is 0. The Hall–Kier alpha value is 0.180. The predicted molar refractivity (Wildman–Crippen MR) is 59.4 cm³/mol. The van der Waals surface area contributed by atoms with Gasteiger partial charge >= 0.3 is 0 Å². The average molecular weight is 198 g/mol. The molecule has 2 heterocycles. The minimum Gasteiger partial charge on any atom is -0.125 e. The minimum atomic E-state index is 0.353. The molecule has 0 bridgehead atoms. The second kappa shape index (κ2) is 2.85. The van der Waals surface area contributed by atoms with E-state index in [1.165, 1.54) is 0 Å². The van der Waals surface area contributed by atoms with E-state index < -0.39 is 0 Å². The Kier molecular flexibility index (Phi) is 2.08. The van der Waals surface area contributed by atoms with Crippen LogP contribution in [0.25, 0.3) is 0 Å². The van der Waals surface area contributed by atoms with E-state index in [0.29, 0.717) is 5.41 Å². The van der Waals surface area contributed by atoms with Crippen molar-refractivity contribution < 1.29 is 0 Å². The molecule has 2 rings (SSSR count). The summed E-state index contributed by atoms with van der Waals surface area (Å²) in [6.07, 6.45) is 2.33. The van der Waals surface area contributed by atoms with Crippen molar-refractivity contribution in [3.05, 3.63) is 22.5 Å². The monoisotopic (exact) mass is 198 g/mol. The third-order valence-electron chi connectivity index (χ3n) is 2.32. The number of rotatable bonds is 0. The molecule has 0 radical (unpaired) electrons. The zero-order chi connectivity index (χ0) is 8.77. The van der Waals surface area contributed by atoms with Crippen LogP contribution in [0.5, 0.6) is 0 Å². The first-order valence-electron chi connectivity index (χ1n) is 4.27. The van der Waals surface area contributed by atoms with Crippen LogP contribution < -0.4 is 0 Å². The van der Waals surface area contributed by atoms with Crippen LogP contribution in [0.4, 0.5) is 0 Å². The van der Waals surface area contributed by atoms with Gasteiger partial charge in [-0.2, -0.15) is 0 Å². The standard InChI is InChI=1S/C10H14S2/c1-10(2,3)7-6-12-8-4-5-11-9(7)8/h4-6,8-9H,1-3H3. The molecule has 2 atom stereocenters. The highest BCUT2D eigenvalue weighted by molar-refractivity contribution is 8.08. The van der Waals surface area contributed by atoms with Gasteiger partial charge in [-0.3, -0.25) is 0 Å². The Morgan fingerprint density at radius 3 is 2.67 bits per heavy atom. The molecule has 0 nitrogen and oxygen atoms in total. The van der Waals surface area contributed by atoms with Gasteiger partial charge in [-0.05, 0) is 21.8 Å². The van der Waals surface area contributed by atoms with E-state index in [4.69, 9.17) is 0 Å². The lowest BCUT2D eigenvalue weighted by molar-refractivity contribution is 0.493. The Bertz CT molecular complexity index is 245. The van der Waals surface area contributed by atoms with Crippen molar-refractivity contribution >= 4 is 23.5 Å². The van der Waals surface area contributed by atoms with Crippen molar-refractivity contribution in [1.82, 2.24) is 0 Å². The maximum Gasteiger partial charge on any atom is 0.0468 e. The summed E-state index contributed by atoms with van der Waals surface area (Å²) >= 11 is 3.96. The van der Waals surface area contributed by atoms with Crippen molar-refractivity contribution in [3.63, 3.8) is 0 Å². The molecule has 12 heavy (non-hydrogen) atoms. The van der Waals surface area contributed by atoms with Gasteiger partial charge in [-0.1, -0.05) is 26.8 Å². The van der Waals surface area contributed by atoms with E-state index in [-0.39, 0.29) is 0 Å². The number of hydrogen-bond acceptors (Lipinski definition) is 2. The molecule has 66 valence electrons. The fourth-order valence-electron chi connectivity index (χ4n) is 1.58. The summed E-state index contributed by atoms with van der Waals surface area (Å²) in [4.78, 5) is 0. The quantitative estimate of drug-likeness (QED) is 0.582. The van der Waals surface area contributed by atoms with Crippen LogP contribution in [0.1, 0.15) is 20.8 Å². The van der Waals surface area contributed by atoms with Crippen LogP contribution in [-0.2, 0) is 0 Å². The molecule has 2 unspecified atom stereocenters. The largest absolute Gasteiger partial charge is 0.125 e. The lowest BCUT2D eigenvalue weighted by Crippen LogP contribution is -2.20. The minimum absolute atomic E-state index is 0.353. The fourth-order valence-corrected chi connectivity index (χ4v) is 4.65. The van der Waals surface area contributed by atoms with Crippen LogP contribution in [0.15, 0.2) is 22.5 Å². The molecule has 0 aromatic carbocycles. The summed E-state index contributed by atoms with van der Waals surface area (Å²) in [6, 6.07) is 0. The molecule has 0 N–H and O–H groups in total. The first kappa shape index (κ1) is 8.76. The first-order chi connectivity index (χ1) is 5.59. The Morgan fingerprint density at radius 1 is 1.25 bits per heavy atom. The molecule has 0 aromatic heterocycles. The van der Waals surface area contributed by atoms with Gasteiger partial charge in [0.1, 0.15) is 0 Å². The number of fused-ring (bicyclic) bond motifs is 1. The number of thioether (sulfide) groups is 2. The topological polar surface area (TPSA) is 0 Å². The van der Waals surface area contributed by atoms with Crippen LogP contribution in [0, 0.1) is 5.41 Å². The van der Waals surface area contributed by atoms with Crippen LogP contribution in [-0.4, -0.2) is 10.5 Å². The van der Waals surface area contributed by atoms with Gasteiger partial charge in [0.15, 0.2) is 0 Å². The summed E-state index contributed by atoms with van der Waals surface area (Å²) in [5.41, 5.74) is 1.97. The van der Waals surface area contributed by atoms with E-state index in [0.717, 1.165) is 10.5 Å². The van der Waals surface area contributed by atoms with Crippen molar-refractivity contribution in [2.24, 2.45) is 5.41 Å². The van der Waals surface area contributed by atoms with Crippen LogP contribution >= 0.6 is 23.5 Å². The fraction of sp³-hybridized carbons (Fsp3) is 0.600. The average Bonchev–Trinajstić information content (AvgIpc) is 2.37. The highest BCUT2D eigenvalue weighted by atomic mass is 32.2. The first-order valence-corrected chi connectivity index (χ1v) is 6.16. The summed E-state index contributed by atoms with van der Waals surface area (Å²) in [7, 11) is 0. The maximum atomic E-state index is 2.37. The zero-order valence-corrected chi connectivity index (χ0v) is 9.34. The summed E-state index contributed by atoms with van der Waals surface area (Å²) in [5.74, 6) is 0. The highest BCUT2D eigenvalue weighted by Gasteiger charge is 2.37. The lowest BCUT2D eigenvalue weighted by Gasteiger charge is -2.25. The second-order valence-electron chi connectivity index (χ2n) is 4.31. The van der Waals surface area contributed by atoms with Crippen molar-refractivity contribution in [2.45, 2.75) is 31.3 Å². The zero-order valence-electron chi connectivity index (χ0n) is 7.70. The SMILES string of the molecule is CC(C)(C)C1=CSC2C=CSC12. The van der Waals surface area contributed by atoms with Crippen molar-refractivity contribution in [2.75, 3.05) is 0 Å². The van der Waals surface area contributed by atoms with Gasteiger partial charge in [0.2, 0.25) is 0 Å². The molecule has 0 aliphatic carbocycles. The highest BCUT2D eigenvalue weighted by Crippen LogP contribution is 2.49. The van der Waals surface area contributed by atoms with Crippen LogP contribution in [0.2, 0.25) is 0 Å². The molecule has 2 heteroatoms. The van der Waals surface area contributed by atoms with E-state index in [1.54, 1.807) is 5.57 Å². The molecule has 2 aliphatic heterocycles. The van der Waals surface area contributed by atoms with Crippen LogP contribution in [0.3, 0.4) is 0 Å². The molecule has 2 aliphatic rings. The molecule has 0 saturated heterocycles. The molecule has 0 fully saturated rings. The van der Waals surface area contributed by atoms with Gasteiger partial charge in [0.25, 0.3) is 0 Å². The van der Waals surface area contributed by atoms with Gasteiger partial charge in [0.05, 0.1) is 0 Å². The van der Waals surface area contributed by atoms with Gasteiger partial charge < -0.3 is 0 Å². The molecule has 0 saturated carbocycles. The normalized spacial score (nSPS) is 33.8. The Labute approximate surface area is 82.9 Å². The van der Waals surface area contributed by atoms with Gasteiger partial charge in [-0.15, -0.1) is 23.5 Å². The second-order valence-corrected chi connectivity index (χ2v) is 6.41. The van der Waals surface area contributed by atoms with Gasteiger partial charge in [0, 0.05) is 10.5 Å². The van der Waals surface area contributed by atoms with Crippen molar-refractivity contribution in [1.29, 1.82) is 0 Å². The Morgan fingerprint density at radius 2 is 2.00 bits per heavy atom. The molecular formula is C10H14S2. The van der Waals surface area contributed by atoms with E-state index in [1.807, 2.05) is 23.5 Å². The Balaban J connectivity index is 2.20. The van der Waals surface area contributed by atoms with Crippen molar-refractivity contribution in [3.8, 4) is 0 Å². The smallest absolute Gasteiger partial charge is 0.0468 e. The summed E-state index contributed by atoms with van der Waals surface area (Å²) < 4.78 is 0. The van der Waals surface area contributed by atoms with E-state index >= 15 is 0 Å². The molecule has 0 amide bonds. The third kappa shape index (κ3) is 1.35. The van der Waals surface area contributed by atoms with E-state index in [9.17, 15) is 0 Å². The summed E-state index contributed by atoms with van der Waals surface area (Å²) in [6.45, 7) is 6.92. The predicted octanol–water partition coefficient (Wildman–Crippen LogP) is 3.66. The van der Waals surface area contributed by atoms with E-state index in [2.05, 4.69) is 37.7 Å².